The number of carbonyl (C=O) groups is 1. The Morgan fingerprint density at radius 3 is 2.61 bits per heavy atom. The van der Waals surface area contributed by atoms with Gasteiger partial charge in [-0.2, -0.15) is 0 Å². The molecule has 0 saturated heterocycles. The van der Waals surface area contributed by atoms with Crippen molar-refractivity contribution in [2.75, 3.05) is 0 Å². The molecule has 3 aromatic carbocycles. The Hall–Kier alpha value is -3.54. The standard InChI is InChI=1S/C26H18Cl2O5/c1-2-17-5-3-4-6-22(17)33-24-15-31-23-14-18(9-10-19(23)26(24)30)32-25(29)12-8-16-7-11-20(27)21(28)13-16/h3-15H,2H2,1H3. The van der Waals surface area contributed by atoms with Crippen molar-refractivity contribution in [1.29, 1.82) is 0 Å². The number of benzene rings is 3. The molecule has 4 aromatic rings. The Bertz CT molecular complexity index is 1420. The predicted octanol–water partition coefficient (Wildman–Crippen LogP) is 7.07. The number of hydrogen-bond donors (Lipinski definition) is 0. The van der Waals surface area contributed by atoms with Gasteiger partial charge in [0.25, 0.3) is 0 Å². The summed E-state index contributed by atoms with van der Waals surface area (Å²) >= 11 is 11.9. The zero-order valence-corrected chi connectivity index (χ0v) is 19.0. The van der Waals surface area contributed by atoms with Gasteiger partial charge in [0.2, 0.25) is 11.2 Å². The maximum Gasteiger partial charge on any atom is 0.336 e. The van der Waals surface area contributed by atoms with Gasteiger partial charge < -0.3 is 13.9 Å². The summed E-state index contributed by atoms with van der Waals surface area (Å²) in [4.78, 5) is 25.0. The molecule has 33 heavy (non-hydrogen) atoms. The van der Waals surface area contributed by atoms with Crippen LogP contribution in [0.3, 0.4) is 0 Å². The smallest absolute Gasteiger partial charge is 0.336 e. The molecule has 166 valence electrons. The van der Waals surface area contributed by atoms with E-state index >= 15 is 0 Å². The molecule has 0 amide bonds. The van der Waals surface area contributed by atoms with E-state index in [-0.39, 0.29) is 22.5 Å². The van der Waals surface area contributed by atoms with Crippen LogP contribution in [-0.2, 0) is 11.2 Å². The number of aryl methyl sites for hydroxylation is 1. The van der Waals surface area contributed by atoms with Gasteiger partial charge in [-0.05, 0) is 54.0 Å². The third-order valence-electron chi connectivity index (χ3n) is 4.86. The summed E-state index contributed by atoms with van der Waals surface area (Å²) in [5.41, 5.74) is 1.63. The SMILES string of the molecule is CCc1ccccc1Oc1coc2cc(OC(=O)C=Cc3ccc(Cl)c(Cl)c3)ccc2c1=O. The van der Waals surface area contributed by atoms with E-state index in [2.05, 4.69) is 0 Å². The Labute approximate surface area is 199 Å². The normalized spacial score (nSPS) is 11.1. The molecule has 0 aliphatic heterocycles. The quantitative estimate of drug-likeness (QED) is 0.167. The maximum absolute atomic E-state index is 12.9. The van der Waals surface area contributed by atoms with E-state index in [0.717, 1.165) is 12.0 Å². The van der Waals surface area contributed by atoms with E-state index in [0.29, 0.717) is 26.7 Å². The van der Waals surface area contributed by atoms with Crippen LogP contribution < -0.4 is 14.9 Å². The molecule has 0 spiro atoms. The van der Waals surface area contributed by atoms with Gasteiger partial charge in [-0.15, -0.1) is 0 Å². The van der Waals surface area contributed by atoms with Gasteiger partial charge in [0.1, 0.15) is 23.3 Å². The molecule has 5 nitrogen and oxygen atoms in total. The van der Waals surface area contributed by atoms with Gasteiger partial charge in [-0.25, -0.2) is 4.79 Å². The lowest BCUT2D eigenvalue weighted by Crippen LogP contribution is -2.07. The van der Waals surface area contributed by atoms with Crippen LogP contribution in [0.5, 0.6) is 17.2 Å². The minimum atomic E-state index is -0.598. The third kappa shape index (κ3) is 5.28. The number of hydrogen-bond acceptors (Lipinski definition) is 5. The van der Waals surface area contributed by atoms with E-state index in [4.69, 9.17) is 37.1 Å². The van der Waals surface area contributed by atoms with Crippen molar-refractivity contribution in [2.45, 2.75) is 13.3 Å². The van der Waals surface area contributed by atoms with Crippen molar-refractivity contribution < 1.29 is 18.7 Å². The molecule has 0 N–H and O–H groups in total. The second-order valence-electron chi connectivity index (χ2n) is 7.08. The molecule has 0 atom stereocenters. The lowest BCUT2D eigenvalue weighted by Gasteiger charge is -2.09. The van der Waals surface area contributed by atoms with Crippen LogP contribution >= 0.6 is 23.2 Å². The highest BCUT2D eigenvalue weighted by molar-refractivity contribution is 6.42. The monoisotopic (exact) mass is 480 g/mol. The summed E-state index contributed by atoms with van der Waals surface area (Å²) < 4.78 is 16.7. The van der Waals surface area contributed by atoms with Crippen LogP contribution in [0.15, 0.2) is 82.2 Å². The molecule has 7 heteroatoms. The van der Waals surface area contributed by atoms with Crippen LogP contribution in [0.25, 0.3) is 17.0 Å². The highest BCUT2D eigenvalue weighted by Crippen LogP contribution is 2.27. The van der Waals surface area contributed by atoms with Gasteiger partial charge in [-0.3, -0.25) is 4.79 Å². The van der Waals surface area contributed by atoms with Crippen LogP contribution in [0, 0.1) is 0 Å². The van der Waals surface area contributed by atoms with Crippen molar-refractivity contribution in [3.63, 3.8) is 0 Å². The maximum atomic E-state index is 12.9. The van der Waals surface area contributed by atoms with E-state index in [9.17, 15) is 9.59 Å². The topological polar surface area (TPSA) is 65.7 Å². The lowest BCUT2D eigenvalue weighted by atomic mass is 10.1. The predicted molar refractivity (Wildman–Crippen MR) is 130 cm³/mol. The lowest BCUT2D eigenvalue weighted by molar-refractivity contribution is -0.128. The summed E-state index contributed by atoms with van der Waals surface area (Å²) in [7, 11) is 0. The molecular formula is C26H18Cl2O5. The molecule has 0 aliphatic rings. The van der Waals surface area contributed by atoms with Crippen molar-refractivity contribution >= 4 is 46.2 Å². The third-order valence-corrected chi connectivity index (χ3v) is 5.60. The highest BCUT2D eigenvalue weighted by Gasteiger charge is 2.12. The van der Waals surface area contributed by atoms with E-state index < -0.39 is 5.97 Å². The highest BCUT2D eigenvalue weighted by atomic mass is 35.5. The number of halogens is 2. The van der Waals surface area contributed by atoms with Crippen LogP contribution in [0.4, 0.5) is 0 Å². The number of esters is 1. The van der Waals surface area contributed by atoms with Gasteiger partial charge in [-0.1, -0.05) is 54.4 Å². The molecule has 1 aromatic heterocycles. The summed E-state index contributed by atoms with van der Waals surface area (Å²) in [5.74, 6) is 0.321. The minimum Gasteiger partial charge on any atom is -0.460 e. The number of ether oxygens (including phenoxy) is 2. The second kappa shape index (κ2) is 9.94. The molecule has 0 fully saturated rings. The fraction of sp³-hybridized carbons (Fsp3) is 0.0769. The number of fused-ring (bicyclic) bond motifs is 1. The largest absolute Gasteiger partial charge is 0.460 e. The molecule has 0 bridgehead atoms. The molecule has 0 saturated carbocycles. The Morgan fingerprint density at radius 1 is 1.00 bits per heavy atom. The molecule has 0 unspecified atom stereocenters. The molecular weight excluding hydrogens is 463 g/mol. The van der Waals surface area contributed by atoms with Crippen LogP contribution in [-0.4, -0.2) is 5.97 Å². The molecule has 0 radical (unpaired) electrons. The first-order valence-electron chi connectivity index (χ1n) is 10.1. The summed E-state index contributed by atoms with van der Waals surface area (Å²) in [6.45, 7) is 2.01. The van der Waals surface area contributed by atoms with Gasteiger partial charge in [0, 0.05) is 12.1 Å². The van der Waals surface area contributed by atoms with Crippen molar-refractivity contribution in [3.8, 4) is 17.2 Å². The van der Waals surface area contributed by atoms with Gasteiger partial charge in [0.15, 0.2) is 0 Å². The molecule has 0 aliphatic carbocycles. The van der Waals surface area contributed by atoms with E-state index in [1.807, 2.05) is 25.1 Å². The fourth-order valence-electron chi connectivity index (χ4n) is 3.17. The summed E-state index contributed by atoms with van der Waals surface area (Å²) in [6.07, 6.45) is 4.85. The molecule has 4 rings (SSSR count). The number of rotatable bonds is 6. The van der Waals surface area contributed by atoms with E-state index in [1.54, 1.807) is 30.3 Å². The average molecular weight is 481 g/mol. The summed E-state index contributed by atoms with van der Waals surface area (Å²) in [6, 6.07) is 17.0. The van der Waals surface area contributed by atoms with Crippen LogP contribution in [0.2, 0.25) is 10.0 Å². The Morgan fingerprint density at radius 2 is 1.82 bits per heavy atom. The van der Waals surface area contributed by atoms with Crippen molar-refractivity contribution in [3.05, 3.63) is 104 Å². The van der Waals surface area contributed by atoms with Gasteiger partial charge >= 0.3 is 5.97 Å². The number of carbonyl (C=O) groups excluding carboxylic acids is 1. The minimum absolute atomic E-state index is 0.0812. The Balaban J connectivity index is 1.52. The van der Waals surface area contributed by atoms with Crippen LogP contribution in [0.1, 0.15) is 18.1 Å². The van der Waals surface area contributed by atoms with Crippen molar-refractivity contribution in [2.24, 2.45) is 0 Å². The van der Waals surface area contributed by atoms with Crippen molar-refractivity contribution in [1.82, 2.24) is 0 Å². The number of para-hydroxylation sites is 1. The first-order chi connectivity index (χ1) is 15.9. The first-order valence-corrected chi connectivity index (χ1v) is 10.9. The molecule has 1 heterocycles. The zero-order valence-electron chi connectivity index (χ0n) is 17.5. The zero-order chi connectivity index (χ0) is 23.4. The summed E-state index contributed by atoms with van der Waals surface area (Å²) in [5, 5.41) is 1.13. The second-order valence-corrected chi connectivity index (χ2v) is 7.89. The Kier molecular flexibility index (Phi) is 6.82. The van der Waals surface area contributed by atoms with E-state index in [1.165, 1.54) is 30.5 Å². The average Bonchev–Trinajstić information content (AvgIpc) is 2.82. The fourth-order valence-corrected chi connectivity index (χ4v) is 3.48. The van der Waals surface area contributed by atoms with Gasteiger partial charge in [0.05, 0.1) is 15.4 Å². The first kappa shape index (κ1) is 22.6.